The monoisotopic (exact) mass is 242 g/mol. The quantitative estimate of drug-likeness (QED) is 0.876. The highest BCUT2D eigenvalue weighted by Crippen LogP contribution is 2.24. The first kappa shape index (κ1) is 12.6. The zero-order chi connectivity index (χ0) is 12.8. The van der Waals surface area contributed by atoms with Gasteiger partial charge in [-0.1, -0.05) is 24.3 Å². The van der Waals surface area contributed by atoms with Gasteiger partial charge in [0.15, 0.2) is 0 Å². The second kappa shape index (κ2) is 6.17. The van der Waals surface area contributed by atoms with Crippen LogP contribution < -0.4 is 10.5 Å². The molecule has 0 unspecified atom stereocenters. The molecule has 1 aromatic carbocycles. The maximum atomic E-state index is 5.89. The summed E-state index contributed by atoms with van der Waals surface area (Å²) in [7, 11) is 0. The molecule has 18 heavy (non-hydrogen) atoms. The largest absolute Gasteiger partial charge is 0.487 e. The third kappa shape index (κ3) is 3.08. The van der Waals surface area contributed by atoms with E-state index in [1.807, 2.05) is 37.3 Å². The first-order valence-electron chi connectivity index (χ1n) is 6.12. The van der Waals surface area contributed by atoms with Gasteiger partial charge in [-0.3, -0.25) is 4.98 Å². The van der Waals surface area contributed by atoms with Crippen LogP contribution in [0.15, 0.2) is 42.6 Å². The van der Waals surface area contributed by atoms with Gasteiger partial charge in [0.2, 0.25) is 0 Å². The van der Waals surface area contributed by atoms with Gasteiger partial charge in [-0.05, 0) is 43.1 Å². The molecule has 3 nitrogen and oxygen atoms in total. The molecule has 0 bridgehead atoms. The Morgan fingerprint density at radius 2 is 2.06 bits per heavy atom. The molecule has 2 aromatic rings. The molecule has 1 heterocycles. The van der Waals surface area contributed by atoms with Crippen molar-refractivity contribution in [3.63, 3.8) is 0 Å². The third-order valence-corrected chi connectivity index (χ3v) is 2.80. The van der Waals surface area contributed by atoms with Crippen LogP contribution in [0.1, 0.15) is 16.8 Å². The maximum absolute atomic E-state index is 5.89. The highest BCUT2D eigenvalue weighted by atomic mass is 16.5. The van der Waals surface area contributed by atoms with Crippen molar-refractivity contribution in [1.29, 1.82) is 0 Å². The van der Waals surface area contributed by atoms with E-state index in [-0.39, 0.29) is 0 Å². The van der Waals surface area contributed by atoms with E-state index in [0.717, 1.165) is 29.0 Å². The van der Waals surface area contributed by atoms with Crippen LogP contribution in [0.5, 0.6) is 5.75 Å². The molecule has 0 saturated heterocycles. The zero-order valence-corrected chi connectivity index (χ0v) is 10.6. The predicted molar refractivity (Wildman–Crippen MR) is 72.5 cm³/mol. The van der Waals surface area contributed by atoms with Gasteiger partial charge in [-0.15, -0.1) is 0 Å². The van der Waals surface area contributed by atoms with Crippen molar-refractivity contribution >= 4 is 0 Å². The van der Waals surface area contributed by atoms with Gasteiger partial charge in [0.25, 0.3) is 0 Å². The van der Waals surface area contributed by atoms with Crippen molar-refractivity contribution in [3.8, 4) is 5.75 Å². The fourth-order valence-corrected chi connectivity index (χ4v) is 1.90. The predicted octanol–water partition coefficient (Wildman–Crippen LogP) is 2.47. The Morgan fingerprint density at radius 1 is 1.17 bits per heavy atom. The summed E-state index contributed by atoms with van der Waals surface area (Å²) in [6, 6.07) is 12.0. The summed E-state index contributed by atoms with van der Waals surface area (Å²) in [6.07, 6.45) is 2.61. The van der Waals surface area contributed by atoms with Gasteiger partial charge < -0.3 is 10.5 Å². The lowest BCUT2D eigenvalue weighted by atomic mass is 10.1. The molecule has 0 saturated carbocycles. The smallest absolute Gasteiger partial charge is 0.130 e. The summed E-state index contributed by atoms with van der Waals surface area (Å²) >= 11 is 0. The maximum Gasteiger partial charge on any atom is 0.130 e. The molecule has 0 atom stereocenters. The number of ether oxygens (including phenoxy) is 1. The number of nitrogens with two attached hydrogens (primary N) is 1. The van der Waals surface area contributed by atoms with Gasteiger partial charge in [0.1, 0.15) is 12.4 Å². The topological polar surface area (TPSA) is 48.1 Å². The normalized spacial score (nSPS) is 10.3. The number of benzene rings is 1. The second-order valence-electron chi connectivity index (χ2n) is 4.21. The first-order valence-corrected chi connectivity index (χ1v) is 6.12. The Labute approximate surface area is 108 Å². The second-order valence-corrected chi connectivity index (χ2v) is 4.21. The first-order chi connectivity index (χ1) is 8.81. The summed E-state index contributed by atoms with van der Waals surface area (Å²) in [6.45, 7) is 3.17. The van der Waals surface area contributed by atoms with Crippen molar-refractivity contribution in [2.45, 2.75) is 20.0 Å². The van der Waals surface area contributed by atoms with E-state index in [0.29, 0.717) is 13.2 Å². The number of rotatable bonds is 5. The van der Waals surface area contributed by atoms with Crippen LogP contribution >= 0.6 is 0 Å². The minimum Gasteiger partial charge on any atom is -0.487 e. The molecule has 94 valence electrons. The molecule has 0 aliphatic heterocycles. The number of para-hydroxylation sites is 1. The van der Waals surface area contributed by atoms with Crippen LogP contribution in [0.25, 0.3) is 0 Å². The number of pyridine rings is 1. The lowest BCUT2D eigenvalue weighted by molar-refractivity contribution is 0.296. The fraction of sp³-hybridized carbons (Fsp3) is 0.267. The molecule has 3 heteroatoms. The van der Waals surface area contributed by atoms with Crippen LogP contribution in [0, 0.1) is 6.92 Å². The summed E-state index contributed by atoms with van der Waals surface area (Å²) in [5.74, 6) is 0.939. The molecule has 0 radical (unpaired) electrons. The zero-order valence-electron chi connectivity index (χ0n) is 10.6. The van der Waals surface area contributed by atoms with Crippen molar-refractivity contribution < 1.29 is 4.74 Å². The third-order valence-electron chi connectivity index (χ3n) is 2.80. The van der Waals surface area contributed by atoms with Gasteiger partial charge in [-0.2, -0.15) is 0 Å². The van der Waals surface area contributed by atoms with Crippen LogP contribution in [0.3, 0.4) is 0 Å². The standard InChI is InChI=1S/C15H18N2O/c1-12-5-4-6-13(8-9-16)15(12)18-11-14-7-2-3-10-17-14/h2-7,10H,8-9,11,16H2,1H3. The molecule has 0 amide bonds. The molecular formula is C15H18N2O. The van der Waals surface area contributed by atoms with Crippen LogP contribution in [0.2, 0.25) is 0 Å². The average molecular weight is 242 g/mol. The van der Waals surface area contributed by atoms with E-state index in [2.05, 4.69) is 11.1 Å². The fourth-order valence-electron chi connectivity index (χ4n) is 1.90. The van der Waals surface area contributed by atoms with E-state index >= 15 is 0 Å². The Bertz CT molecular complexity index is 497. The molecule has 2 N–H and O–H groups in total. The Balaban J connectivity index is 2.13. The summed E-state index contributed by atoms with van der Waals surface area (Å²) in [4.78, 5) is 4.25. The highest BCUT2D eigenvalue weighted by Gasteiger charge is 2.06. The average Bonchev–Trinajstić information content (AvgIpc) is 2.40. The number of hydrogen-bond donors (Lipinski definition) is 1. The number of aryl methyl sites for hydroxylation is 1. The molecule has 0 spiro atoms. The van der Waals surface area contributed by atoms with Crippen molar-refractivity contribution in [1.82, 2.24) is 4.98 Å². The van der Waals surface area contributed by atoms with Crippen molar-refractivity contribution in [3.05, 3.63) is 59.4 Å². The molecule has 2 rings (SSSR count). The molecule has 1 aromatic heterocycles. The summed E-state index contributed by atoms with van der Waals surface area (Å²) in [5, 5.41) is 0. The van der Waals surface area contributed by atoms with E-state index in [1.165, 1.54) is 0 Å². The van der Waals surface area contributed by atoms with Gasteiger partial charge in [0.05, 0.1) is 5.69 Å². The van der Waals surface area contributed by atoms with E-state index in [1.54, 1.807) is 6.20 Å². The van der Waals surface area contributed by atoms with Crippen LogP contribution in [0.4, 0.5) is 0 Å². The minimum atomic E-state index is 0.489. The molecule has 0 fully saturated rings. The van der Waals surface area contributed by atoms with Gasteiger partial charge >= 0.3 is 0 Å². The van der Waals surface area contributed by atoms with Crippen LogP contribution in [-0.4, -0.2) is 11.5 Å². The van der Waals surface area contributed by atoms with Gasteiger partial charge in [-0.25, -0.2) is 0 Å². The lowest BCUT2D eigenvalue weighted by Gasteiger charge is -2.13. The Morgan fingerprint density at radius 3 is 2.78 bits per heavy atom. The van der Waals surface area contributed by atoms with E-state index in [9.17, 15) is 0 Å². The molecular weight excluding hydrogens is 224 g/mol. The number of nitrogens with zero attached hydrogens (tertiary/aromatic N) is 1. The summed E-state index contributed by atoms with van der Waals surface area (Å²) < 4.78 is 5.89. The van der Waals surface area contributed by atoms with Gasteiger partial charge in [0, 0.05) is 6.20 Å². The van der Waals surface area contributed by atoms with E-state index in [4.69, 9.17) is 10.5 Å². The van der Waals surface area contributed by atoms with Crippen molar-refractivity contribution in [2.24, 2.45) is 5.73 Å². The Hall–Kier alpha value is -1.87. The number of hydrogen-bond acceptors (Lipinski definition) is 3. The highest BCUT2D eigenvalue weighted by molar-refractivity contribution is 5.41. The van der Waals surface area contributed by atoms with E-state index < -0.39 is 0 Å². The van der Waals surface area contributed by atoms with Crippen molar-refractivity contribution in [2.75, 3.05) is 6.54 Å². The lowest BCUT2D eigenvalue weighted by Crippen LogP contribution is -2.07. The number of aromatic nitrogens is 1. The minimum absolute atomic E-state index is 0.489. The Kier molecular flexibility index (Phi) is 4.31. The van der Waals surface area contributed by atoms with Crippen LogP contribution in [-0.2, 0) is 13.0 Å². The molecule has 0 aliphatic rings. The SMILES string of the molecule is Cc1cccc(CCN)c1OCc1ccccn1. The molecule has 0 aliphatic carbocycles. The summed E-state index contributed by atoms with van der Waals surface area (Å²) in [5.41, 5.74) is 8.85.